The number of aliphatic hydroxyl groups is 1. The molecule has 1 aromatic rings. The molecule has 0 fully saturated rings. The van der Waals surface area contributed by atoms with Crippen molar-refractivity contribution in [3.63, 3.8) is 0 Å². The maximum absolute atomic E-state index is 10.7. The molecule has 3 N–H and O–H groups in total. The maximum atomic E-state index is 10.7. The van der Waals surface area contributed by atoms with Crippen molar-refractivity contribution in [2.75, 3.05) is 18.5 Å². The number of nitrogens with zero attached hydrogens (tertiary/aromatic N) is 1. The molecule has 0 bridgehead atoms. The third-order valence-corrected chi connectivity index (χ3v) is 2.50. The maximum Gasteiger partial charge on any atom is 0.354 e. The molecule has 5 heteroatoms. The fourth-order valence-corrected chi connectivity index (χ4v) is 1.37. The molecule has 1 rings (SSSR count). The number of carboxylic acid groups (broad SMARTS) is 1. The number of aliphatic hydroxyl groups excluding tert-OH is 1. The first-order valence-electron chi connectivity index (χ1n) is 5.50. The van der Waals surface area contributed by atoms with E-state index in [2.05, 4.69) is 10.3 Å². The molecular formula is C12H18N2O3. The fourth-order valence-electron chi connectivity index (χ4n) is 1.37. The van der Waals surface area contributed by atoms with Gasteiger partial charge in [-0.15, -0.1) is 0 Å². The predicted octanol–water partition coefficient (Wildman–Crippen LogP) is 1.60. The third-order valence-electron chi connectivity index (χ3n) is 2.50. The van der Waals surface area contributed by atoms with Gasteiger partial charge in [0, 0.05) is 13.2 Å². The van der Waals surface area contributed by atoms with Gasteiger partial charge >= 0.3 is 5.97 Å². The minimum absolute atomic E-state index is 0.0231. The van der Waals surface area contributed by atoms with Crippen LogP contribution in [0.3, 0.4) is 0 Å². The average Bonchev–Trinajstić information content (AvgIpc) is 2.27. The Balaban J connectivity index is 2.63. The molecule has 0 unspecified atom stereocenters. The van der Waals surface area contributed by atoms with Gasteiger partial charge in [0.15, 0.2) is 5.69 Å². The molecule has 0 radical (unpaired) electrons. The molecule has 0 aliphatic heterocycles. The second kappa shape index (κ2) is 5.63. The van der Waals surface area contributed by atoms with E-state index in [0.29, 0.717) is 18.8 Å². The summed E-state index contributed by atoms with van der Waals surface area (Å²) in [5, 5.41) is 20.8. The molecule has 0 spiro atoms. The standard InChI is InChI=1S/C12H18N2O3/c1-12(2,6-7-15)8-13-10-5-3-4-9(14-10)11(16)17/h3-5,15H,6-8H2,1-2H3,(H,13,14)(H,16,17). The summed E-state index contributed by atoms with van der Waals surface area (Å²) in [6.45, 7) is 4.81. The van der Waals surface area contributed by atoms with Crippen molar-refractivity contribution in [1.82, 2.24) is 4.98 Å². The number of aromatic carboxylic acids is 1. The summed E-state index contributed by atoms with van der Waals surface area (Å²) in [4.78, 5) is 14.7. The molecule has 1 heterocycles. The Morgan fingerprint density at radius 2 is 2.18 bits per heavy atom. The Morgan fingerprint density at radius 3 is 2.76 bits per heavy atom. The van der Waals surface area contributed by atoms with Gasteiger partial charge in [-0.2, -0.15) is 0 Å². The van der Waals surface area contributed by atoms with E-state index in [0.717, 1.165) is 0 Å². The van der Waals surface area contributed by atoms with Crippen LogP contribution in [0.5, 0.6) is 0 Å². The highest BCUT2D eigenvalue weighted by Crippen LogP contribution is 2.20. The SMILES string of the molecule is CC(C)(CCO)CNc1cccc(C(=O)O)n1. The number of carbonyl (C=O) groups is 1. The van der Waals surface area contributed by atoms with E-state index in [1.54, 1.807) is 12.1 Å². The highest BCUT2D eigenvalue weighted by atomic mass is 16.4. The molecular weight excluding hydrogens is 220 g/mol. The van der Waals surface area contributed by atoms with Crippen LogP contribution in [-0.2, 0) is 0 Å². The van der Waals surface area contributed by atoms with Gasteiger partial charge in [0.1, 0.15) is 5.82 Å². The van der Waals surface area contributed by atoms with Crippen LogP contribution >= 0.6 is 0 Å². The van der Waals surface area contributed by atoms with E-state index < -0.39 is 5.97 Å². The van der Waals surface area contributed by atoms with Gasteiger partial charge in [0.25, 0.3) is 0 Å². The van der Waals surface area contributed by atoms with Gasteiger partial charge in [-0.25, -0.2) is 9.78 Å². The molecule has 0 amide bonds. The topological polar surface area (TPSA) is 82.5 Å². The normalized spacial score (nSPS) is 11.2. The van der Waals surface area contributed by atoms with Crippen LogP contribution in [0.25, 0.3) is 0 Å². The highest BCUT2D eigenvalue weighted by Gasteiger charge is 2.17. The largest absolute Gasteiger partial charge is 0.477 e. The first-order valence-corrected chi connectivity index (χ1v) is 5.50. The first-order chi connectivity index (χ1) is 7.94. The van der Waals surface area contributed by atoms with E-state index in [4.69, 9.17) is 10.2 Å². The minimum atomic E-state index is -1.04. The quantitative estimate of drug-likeness (QED) is 0.701. The van der Waals surface area contributed by atoms with Crippen molar-refractivity contribution in [3.8, 4) is 0 Å². The van der Waals surface area contributed by atoms with Crippen LogP contribution in [0.15, 0.2) is 18.2 Å². The zero-order valence-corrected chi connectivity index (χ0v) is 10.1. The average molecular weight is 238 g/mol. The van der Waals surface area contributed by atoms with E-state index in [9.17, 15) is 4.79 Å². The number of hydrogen-bond donors (Lipinski definition) is 3. The van der Waals surface area contributed by atoms with Crippen LogP contribution in [0.4, 0.5) is 5.82 Å². The van der Waals surface area contributed by atoms with E-state index >= 15 is 0 Å². The second-order valence-corrected chi connectivity index (χ2v) is 4.70. The lowest BCUT2D eigenvalue weighted by molar-refractivity contribution is 0.0690. The number of pyridine rings is 1. The number of anilines is 1. The predicted molar refractivity (Wildman–Crippen MR) is 65.2 cm³/mol. The molecule has 0 atom stereocenters. The molecule has 94 valence electrons. The highest BCUT2D eigenvalue weighted by molar-refractivity contribution is 5.85. The van der Waals surface area contributed by atoms with Gasteiger partial charge in [0.2, 0.25) is 0 Å². The zero-order chi connectivity index (χ0) is 12.9. The van der Waals surface area contributed by atoms with Gasteiger partial charge < -0.3 is 15.5 Å². The Kier molecular flexibility index (Phi) is 4.45. The monoisotopic (exact) mass is 238 g/mol. The Morgan fingerprint density at radius 1 is 1.47 bits per heavy atom. The summed E-state index contributed by atoms with van der Waals surface area (Å²) >= 11 is 0. The number of aromatic nitrogens is 1. The van der Waals surface area contributed by atoms with Crippen LogP contribution in [-0.4, -0.2) is 34.3 Å². The molecule has 0 saturated carbocycles. The third kappa shape index (κ3) is 4.40. The number of hydrogen-bond acceptors (Lipinski definition) is 4. The van der Waals surface area contributed by atoms with Crippen LogP contribution in [0.1, 0.15) is 30.8 Å². The van der Waals surface area contributed by atoms with Crippen molar-refractivity contribution in [1.29, 1.82) is 0 Å². The lowest BCUT2D eigenvalue weighted by atomic mass is 9.90. The summed E-state index contributed by atoms with van der Waals surface area (Å²) < 4.78 is 0. The van der Waals surface area contributed by atoms with Crippen LogP contribution in [0.2, 0.25) is 0 Å². The van der Waals surface area contributed by atoms with Crippen LogP contribution in [0, 0.1) is 5.41 Å². The number of rotatable bonds is 6. The zero-order valence-electron chi connectivity index (χ0n) is 10.1. The van der Waals surface area contributed by atoms with Crippen molar-refractivity contribution in [3.05, 3.63) is 23.9 Å². The summed E-state index contributed by atoms with van der Waals surface area (Å²) in [7, 11) is 0. The molecule has 0 aromatic carbocycles. The van der Waals surface area contributed by atoms with E-state index in [1.165, 1.54) is 6.07 Å². The molecule has 0 aliphatic rings. The van der Waals surface area contributed by atoms with E-state index in [1.807, 2.05) is 13.8 Å². The smallest absolute Gasteiger partial charge is 0.354 e. The van der Waals surface area contributed by atoms with Crippen LogP contribution < -0.4 is 5.32 Å². The molecule has 0 aliphatic carbocycles. The number of carboxylic acids is 1. The molecule has 0 saturated heterocycles. The summed E-state index contributed by atoms with van der Waals surface area (Å²) in [6, 6.07) is 4.83. The second-order valence-electron chi connectivity index (χ2n) is 4.70. The van der Waals surface area contributed by atoms with Gasteiger partial charge in [-0.3, -0.25) is 0 Å². The lowest BCUT2D eigenvalue weighted by Gasteiger charge is -2.24. The minimum Gasteiger partial charge on any atom is -0.477 e. The Bertz CT molecular complexity index is 391. The van der Waals surface area contributed by atoms with Crippen molar-refractivity contribution >= 4 is 11.8 Å². The summed E-state index contributed by atoms with van der Waals surface area (Å²) in [5.41, 5.74) is -0.0367. The Hall–Kier alpha value is -1.62. The van der Waals surface area contributed by atoms with Gasteiger partial charge in [-0.05, 0) is 24.0 Å². The Labute approximate surface area is 101 Å². The van der Waals surface area contributed by atoms with Gasteiger partial charge in [-0.1, -0.05) is 19.9 Å². The summed E-state index contributed by atoms with van der Waals surface area (Å²) in [5.74, 6) is -0.501. The van der Waals surface area contributed by atoms with Gasteiger partial charge in [0.05, 0.1) is 0 Å². The number of nitrogens with one attached hydrogen (secondary N) is 1. The molecule has 17 heavy (non-hydrogen) atoms. The van der Waals surface area contributed by atoms with Crippen molar-refractivity contribution in [2.45, 2.75) is 20.3 Å². The lowest BCUT2D eigenvalue weighted by Crippen LogP contribution is -2.24. The first kappa shape index (κ1) is 13.4. The summed E-state index contributed by atoms with van der Waals surface area (Å²) in [6.07, 6.45) is 0.679. The fraction of sp³-hybridized carbons (Fsp3) is 0.500. The molecule has 5 nitrogen and oxygen atoms in total. The van der Waals surface area contributed by atoms with Crippen molar-refractivity contribution < 1.29 is 15.0 Å². The van der Waals surface area contributed by atoms with E-state index in [-0.39, 0.29) is 17.7 Å². The molecule has 1 aromatic heterocycles. The van der Waals surface area contributed by atoms with Crippen molar-refractivity contribution in [2.24, 2.45) is 5.41 Å².